The number of hydrogen-bond donors (Lipinski definition) is 2. The molecule has 0 radical (unpaired) electrons. The van der Waals surface area contributed by atoms with Gasteiger partial charge in [0.05, 0.1) is 5.25 Å². The number of nitrogens with two attached hydrogens (primary N) is 1. The number of nitrogens with one attached hydrogen (secondary N) is 1. The molecule has 1 atom stereocenters. The Morgan fingerprint density at radius 3 is 2.36 bits per heavy atom. The molecule has 7 nitrogen and oxygen atoms in total. The van der Waals surface area contributed by atoms with E-state index in [-0.39, 0.29) is 33.1 Å². The number of amides is 1. The highest BCUT2D eigenvalue weighted by atomic mass is 32.2. The van der Waals surface area contributed by atoms with Gasteiger partial charge in [-0.2, -0.15) is 4.68 Å². The monoisotopic (exact) mass is 363 g/mol. The molecule has 25 heavy (non-hydrogen) atoms. The van der Waals surface area contributed by atoms with Crippen molar-refractivity contribution in [3.05, 3.63) is 16.0 Å². The molecule has 4 aliphatic carbocycles. The van der Waals surface area contributed by atoms with E-state index in [0.717, 1.165) is 41.7 Å². The van der Waals surface area contributed by atoms with Crippen LogP contribution in [0.1, 0.15) is 51.1 Å². The molecule has 1 heterocycles. The van der Waals surface area contributed by atoms with E-state index >= 15 is 0 Å². The summed E-state index contributed by atoms with van der Waals surface area (Å²) < 4.78 is 0.974. The molecule has 5 rings (SSSR count). The van der Waals surface area contributed by atoms with Crippen molar-refractivity contribution < 1.29 is 4.79 Å². The quantitative estimate of drug-likeness (QED) is 0.616. The molecule has 4 aliphatic rings. The van der Waals surface area contributed by atoms with Gasteiger partial charge in [0.15, 0.2) is 0 Å². The van der Waals surface area contributed by atoms with Crippen LogP contribution in [0.4, 0.5) is 0 Å². The van der Waals surface area contributed by atoms with Crippen molar-refractivity contribution in [1.82, 2.24) is 20.2 Å². The fourth-order valence-corrected chi connectivity index (χ4v) is 6.16. The van der Waals surface area contributed by atoms with Crippen molar-refractivity contribution >= 4 is 17.7 Å². The molecule has 0 spiro atoms. The SMILES string of the molecule is Cc1nnc(S[C@@H](C)C(=O)NC23CC4CC(CC(C4)C2)C3)n(N)c1=O. The summed E-state index contributed by atoms with van der Waals surface area (Å²) in [4.78, 5) is 24.6. The Morgan fingerprint density at radius 2 is 1.80 bits per heavy atom. The fourth-order valence-electron chi connectivity index (χ4n) is 5.39. The van der Waals surface area contributed by atoms with Gasteiger partial charge in [-0.15, -0.1) is 10.2 Å². The summed E-state index contributed by atoms with van der Waals surface area (Å²) in [6, 6.07) is 0. The zero-order valence-corrected chi connectivity index (χ0v) is 15.5. The molecule has 3 N–H and O–H groups in total. The van der Waals surface area contributed by atoms with E-state index in [1.54, 1.807) is 6.92 Å². The van der Waals surface area contributed by atoms with E-state index in [4.69, 9.17) is 5.84 Å². The van der Waals surface area contributed by atoms with Gasteiger partial charge in [-0.05, 0) is 70.1 Å². The third kappa shape index (κ3) is 3.05. The maximum atomic E-state index is 12.8. The average Bonchev–Trinajstić information content (AvgIpc) is 2.53. The maximum absolute atomic E-state index is 12.8. The predicted molar refractivity (Wildman–Crippen MR) is 95.5 cm³/mol. The molecule has 0 aliphatic heterocycles. The molecular weight excluding hydrogens is 338 g/mol. The van der Waals surface area contributed by atoms with Gasteiger partial charge in [0.2, 0.25) is 11.1 Å². The second kappa shape index (κ2) is 6.00. The lowest BCUT2D eigenvalue weighted by atomic mass is 9.53. The number of nitrogens with zero attached hydrogens (tertiary/aromatic N) is 3. The minimum Gasteiger partial charge on any atom is -0.350 e. The third-order valence-corrected chi connectivity index (χ3v) is 7.15. The van der Waals surface area contributed by atoms with Crippen LogP contribution in [0.15, 0.2) is 9.95 Å². The van der Waals surface area contributed by atoms with Gasteiger partial charge in [-0.1, -0.05) is 11.8 Å². The highest BCUT2D eigenvalue weighted by Crippen LogP contribution is 2.55. The molecule has 4 fully saturated rings. The lowest BCUT2D eigenvalue weighted by molar-refractivity contribution is -0.126. The number of carbonyl (C=O) groups is 1. The number of carbonyl (C=O) groups excluding carboxylic acids is 1. The molecule has 0 saturated heterocycles. The molecular formula is C17H25N5O2S. The van der Waals surface area contributed by atoms with E-state index in [1.807, 2.05) is 6.92 Å². The number of aryl methyl sites for hydroxylation is 1. The smallest absolute Gasteiger partial charge is 0.294 e. The van der Waals surface area contributed by atoms with Crippen LogP contribution < -0.4 is 16.7 Å². The van der Waals surface area contributed by atoms with Crippen molar-refractivity contribution in [2.45, 2.75) is 68.3 Å². The highest BCUT2D eigenvalue weighted by molar-refractivity contribution is 8.00. The number of aromatic nitrogens is 3. The number of nitrogen functional groups attached to an aromatic ring is 1. The Hall–Kier alpha value is -1.57. The van der Waals surface area contributed by atoms with Crippen LogP contribution in [-0.2, 0) is 4.79 Å². The van der Waals surface area contributed by atoms with Gasteiger partial charge in [0, 0.05) is 5.54 Å². The van der Waals surface area contributed by atoms with Gasteiger partial charge in [0.25, 0.3) is 5.56 Å². The Balaban J connectivity index is 1.45. The van der Waals surface area contributed by atoms with Crippen molar-refractivity contribution in [3.8, 4) is 0 Å². The summed E-state index contributed by atoms with van der Waals surface area (Å²) in [6.07, 6.45) is 7.39. The molecule has 136 valence electrons. The molecule has 0 aromatic carbocycles. The number of rotatable bonds is 4. The third-order valence-electron chi connectivity index (χ3n) is 6.10. The zero-order chi connectivity index (χ0) is 17.8. The van der Waals surface area contributed by atoms with Crippen LogP contribution in [0.25, 0.3) is 0 Å². The largest absolute Gasteiger partial charge is 0.350 e. The molecule has 4 saturated carbocycles. The fraction of sp³-hybridized carbons (Fsp3) is 0.765. The number of hydrogen-bond acceptors (Lipinski definition) is 6. The topological polar surface area (TPSA) is 103 Å². The summed E-state index contributed by atoms with van der Waals surface area (Å²) in [6.45, 7) is 3.39. The molecule has 8 heteroatoms. The van der Waals surface area contributed by atoms with E-state index in [9.17, 15) is 9.59 Å². The van der Waals surface area contributed by atoms with E-state index < -0.39 is 0 Å². The minimum atomic E-state index is -0.383. The summed E-state index contributed by atoms with van der Waals surface area (Å²) in [5, 5.41) is 11.0. The Bertz CT molecular complexity index is 727. The average molecular weight is 363 g/mol. The molecule has 1 aromatic rings. The van der Waals surface area contributed by atoms with Crippen LogP contribution in [-0.4, -0.2) is 31.6 Å². The zero-order valence-electron chi connectivity index (χ0n) is 14.7. The summed E-state index contributed by atoms with van der Waals surface area (Å²) >= 11 is 1.18. The lowest BCUT2D eigenvalue weighted by Crippen LogP contribution is -2.60. The highest BCUT2D eigenvalue weighted by Gasteiger charge is 2.51. The van der Waals surface area contributed by atoms with Crippen LogP contribution in [0.2, 0.25) is 0 Å². The standard InChI is InChI=1S/C17H25N5O2S/c1-9-15(24)22(18)16(21-20-9)25-10(2)14(23)19-17-6-11-3-12(7-17)5-13(4-11)8-17/h10-13H,3-8,18H2,1-2H3,(H,19,23)/t10-,11?,12?,13?,17?/m0/s1. The summed E-state index contributed by atoms with van der Waals surface area (Å²) in [5.74, 6) is 8.12. The first-order chi connectivity index (χ1) is 11.8. The van der Waals surface area contributed by atoms with Gasteiger partial charge >= 0.3 is 0 Å². The van der Waals surface area contributed by atoms with Crippen molar-refractivity contribution in [1.29, 1.82) is 0 Å². The molecule has 0 unspecified atom stereocenters. The second-order valence-electron chi connectivity index (χ2n) is 8.19. The maximum Gasteiger partial charge on any atom is 0.294 e. The van der Waals surface area contributed by atoms with Crippen LogP contribution in [0, 0.1) is 24.7 Å². The molecule has 4 bridgehead atoms. The molecule has 1 amide bonds. The van der Waals surface area contributed by atoms with Gasteiger partial charge < -0.3 is 11.2 Å². The first kappa shape index (κ1) is 16.9. The predicted octanol–water partition coefficient (Wildman–Crippen LogP) is 1.23. The summed E-state index contributed by atoms with van der Waals surface area (Å²) in [7, 11) is 0. The van der Waals surface area contributed by atoms with Gasteiger partial charge in [-0.3, -0.25) is 9.59 Å². The Kier molecular flexibility index (Phi) is 4.05. The van der Waals surface area contributed by atoms with Gasteiger partial charge in [-0.25, -0.2) is 0 Å². The van der Waals surface area contributed by atoms with Crippen LogP contribution >= 0.6 is 11.8 Å². The Labute approximate surface area is 151 Å². The van der Waals surface area contributed by atoms with E-state index in [0.29, 0.717) is 0 Å². The van der Waals surface area contributed by atoms with Gasteiger partial charge in [0.1, 0.15) is 5.69 Å². The molecule has 1 aromatic heterocycles. The van der Waals surface area contributed by atoms with Crippen LogP contribution in [0.3, 0.4) is 0 Å². The van der Waals surface area contributed by atoms with Crippen molar-refractivity contribution in [2.75, 3.05) is 5.84 Å². The summed E-state index contributed by atoms with van der Waals surface area (Å²) in [5.41, 5.74) is -0.147. The number of thioether (sulfide) groups is 1. The van der Waals surface area contributed by atoms with Crippen molar-refractivity contribution in [3.63, 3.8) is 0 Å². The first-order valence-electron chi connectivity index (χ1n) is 9.05. The Morgan fingerprint density at radius 1 is 1.24 bits per heavy atom. The van der Waals surface area contributed by atoms with E-state index in [1.165, 1.54) is 31.0 Å². The first-order valence-corrected chi connectivity index (χ1v) is 9.93. The van der Waals surface area contributed by atoms with Crippen LogP contribution in [0.5, 0.6) is 0 Å². The second-order valence-corrected chi connectivity index (χ2v) is 9.50. The normalized spacial score (nSPS) is 34.1. The van der Waals surface area contributed by atoms with Crippen molar-refractivity contribution in [2.24, 2.45) is 17.8 Å². The van der Waals surface area contributed by atoms with E-state index in [2.05, 4.69) is 15.5 Å². The minimum absolute atomic E-state index is 0.00164. The lowest BCUT2D eigenvalue weighted by Gasteiger charge is -2.57.